The predicted octanol–water partition coefficient (Wildman–Crippen LogP) is 16.0. The van der Waals surface area contributed by atoms with Crippen LogP contribution in [0.2, 0.25) is 19.6 Å². The van der Waals surface area contributed by atoms with E-state index in [1.54, 1.807) is 10.8 Å². The summed E-state index contributed by atoms with van der Waals surface area (Å²) in [4.78, 5) is 0. The third-order valence-electron chi connectivity index (χ3n) is 16.8. The highest BCUT2D eigenvalue weighted by molar-refractivity contribution is 6.89. The number of rotatable bonds is 5. The topological polar surface area (TPSA) is 25.8 Å². The van der Waals surface area contributed by atoms with Gasteiger partial charge in [0.2, 0.25) is 5.69 Å². The number of imidazole rings is 1. The van der Waals surface area contributed by atoms with Crippen LogP contribution in [0, 0.1) is 5.92 Å². The minimum atomic E-state index is -1.80. The molecule has 2 unspecified atom stereocenters. The third-order valence-corrected chi connectivity index (χ3v) is 18.8. The van der Waals surface area contributed by atoms with Crippen LogP contribution in [0.3, 0.4) is 0 Å². The molecule has 2 atom stereocenters. The van der Waals surface area contributed by atoms with E-state index in [0.717, 1.165) is 80.9 Å². The highest BCUT2D eigenvalue weighted by Gasteiger charge is 2.46. The number of benzene rings is 7. The molecule has 4 nitrogen and oxygen atoms in total. The largest absolute Gasteiger partial charge is 0.455 e. The molecule has 10 aromatic rings. The molecule has 71 heavy (non-hydrogen) atoms. The fourth-order valence-corrected chi connectivity index (χ4v) is 14.9. The number of hydrogen-bond acceptors (Lipinski definition) is 1. The van der Waals surface area contributed by atoms with Crippen molar-refractivity contribution in [3.8, 4) is 39.5 Å². The Morgan fingerprint density at radius 2 is 1.46 bits per heavy atom. The van der Waals surface area contributed by atoms with Crippen molar-refractivity contribution in [3.05, 3.63) is 187 Å². The molecular weight excluding hydrogens is 879 g/mol. The summed E-state index contributed by atoms with van der Waals surface area (Å²) in [6.45, 7) is 19.9. The van der Waals surface area contributed by atoms with Crippen LogP contribution in [0.15, 0.2) is 169 Å². The molecule has 352 valence electrons. The SMILES string of the molecule is C=C1CC2C(CCc3ccc4c(oc5ccccc54)c3-c3n(-c4ccc(C(C)(C)C)cc4-c4ccccc4)c4ccccc4[n+]31)c1ccc3ccccc3c1-c1cc(CC3CCCC3)c([Si](C)(C)C)c[n+]12. The van der Waals surface area contributed by atoms with Crippen LogP contribution in [0.5, 0.6) is 0 Å². The number of pyridine rings is 1. The zero-order chi connectivity index (χ0) is 48.3. The highest BCUT2D eigenvalue weighted by atomic mass is 28.3. The number of fused-ring (bicyclic) bond motifs is 17. The van der Waals surface area contributed by atoms with Crippen LogP contribution in [0.1, 0.15) is 93.5 Å². The van der Waals surface area contributed by atoms with E-state index in [2.05, 4.69) is 212 Å². The minimum Gasteiger partial charge on any atom is -0.455 e. The Kier molecular flexibility index (Phi) is 10.3. The average Bonchev–Trinajstić information content (AvgIpc) is 4.12. The first kappa shape index (κ1) is 44.1. The van der Waals surface area contributed by atoms with Crippen molar-refractivity contribution in [1.82, 2.24) is 4.57 Å². The maximum absolute atomic E-state index is 7.18. The van der Waals surface area contributed by atoms with Gasteiger partial charge in [-0.25, -0.2) is 0 Å². The van der Waals surface area contributed by atoms with Crippen LogP contribution in [0.25, 0.3) is 88.9 Å². The van der Waals surface area contributed by atoms with Crippen LogP contribution in [0.4, 0.5) is 0 Å². The molecule has 0 N–H and O–H groups in total. The second kappa shape index (κ2) is 16.6. The molecule has 5 heterocycles. The van der Waals surface area contributed by atoms with Crippen LogP contribution >= 0.6 is 0 Å². The Morgan fingerprint density at radius 3 is 2.27 bits per heavy atom. The maximum Gasteiger partial charge on any atom is 0.304 e. The van der Waals surface area contributed by atoms with Crippen molar-refractivity contribution in [2.75, 3.05) is 0 Å². The van der Waals surface area contributed by atoms with E-state index in [-0.39, 0.29) is 17.4 Å². The number of hydrogen-bond donors (Lipinski definition) is 0. The van der Waals surface area contributed by atoms with Crippen LogP contribution in [-0.2, 0) is 18.3 Å². The highest BCUT2D eigenvalue weighted by Crippen LogP contribution is 2.49. The van der Waals surface area contributed by atoms with E-state index in [9.17, 15) is 0 Å². The van der Waals surface area contributed by atoms with E-state index in [4.69, 9.17) is 11.0 Å². The van der Waals surface area contributed by atoms with Gasteiger partial charge in [-0.15, -0.1) is 0 Å². The molecule has 3 aromatic heterocycles. The van der Waals surface area contributed by atoms with Crippen molar-refractivity contribution < 1.29 is 13.6 Å². The third kappa shape index (κ3) is 7.20. The van der Waals surface area contributed by atoms with Crippen molar-refractivity contribution >= 4 is 62.7 Å². The lowest BCUT2D eigenvalue weighted by Crippen LogP contribution is -2.54. The average molecular weight is 944 g/mol. The molecule has 1 saturated carbocycles. The first-order chi connectivity index (χ1) is 34.4. The predicted molar refractivity (Wildman–Crippen MR) is 299 cm³/mol. The molecule has 0 bridgehead atoms. The molecule has 13 rings (SSSR count). The summed E-state index contributed by atoms with van der Waals surface area (Å²) in [5.41, 5.74) is 18.3. The van der Waals surface area contributed by atoms with E-state index in [0.29, 0.717) is 0 Å². The van der Waals surface area contributed by atoms with Crippen molar-refractivity contribution in [1.29, 1.82) is 0 Å². The Labute approximate surface area is 419 Å². The van der Waals surface area contributed by atoms with E-state index in [1.807, 2.05) is 0 Å². The molecule has 0 spiro atoms. The van der Waals surface area contributed by atoms with Gasteiger partial charge in [-0.05, 0) is 99.5 Å². The van der Waals surface area contributed by atoms with Gasteiger partial charge in [0.05, 0.1) is 20.1 Å². The van der Waals surface area contributed by atoms with E-state index < -0.39 is 8.07 Å². The van der Waals surface area contributed by atoms with Gasteiger partial charge in [0.15, 0.2) is 28.9 Å². The lowest BCUT2D eigenvalue weighted by atomic mass is 9.76. The smallest absolute Gasteiger partial charge is 0.304 e. The second-order valence-corrected chi connectivity index (χ2v) is 28.3. The fraction of sp³-hybridized carbons (Fsp3) is 0.273. The second-order valence-electron chi connectivity index (χ2n) is 23.2. The van der Waals surface area contributed by atoms with Crippen LogP contribution < -0.4 is 14.3 Å². The zero-order valence-corrected chi connectivity index (χ0v) is 43.4. The first-order valence-corrected chi connectivity index (χ1v) is 29.9. The van der Waals surface area contributed by atoms with Crippen molar-refractivity contribution in [2.24, 2.45) is 5.92 Å². The van der Waals surface area contributed by atoms with Crippen molar-refractivity contribution in [2.45, 2.75) is 109 Å². The number of para-hydroxylation sites is 3. The molecule has 0 radical (unpaired) electrons. The molecular formula is C66H65N3OSi+2. The summed E-state index contributed by atoms with van der Waals surface area (Å²) in [5.74, 6) is 2.10. The minimum absolute atomic E-state index is 0.0378. The number of nitrogens with zero attached hydrogens (tertiary/aromatic N) is 3. The first-order valence-electron chi connectivity index (χ1n) is 26.4. The normalized spacial score (nSPS) is 17.4. The lowest BCUT2D eigenvalue weighted by molar-refractivity contribution is -0.719. The van der Waals surface area contributed by atoms with Gasteiger partial charge < -0.3 is 4.42 Å². The standard InChI is InChI=1S/C66H65N3OSi/c1-42-37-58-50(52-34-29-45-23-13-14-24-49(45)63(52)59-39-47(38-43-19-11-12-20-43)61(41-67(58)59)71(5,6)7)33-30-46-31-35-53-51-25-15-18-28-60(51)70-64(53)62(46)65-68(42)56-26-16-17-27-57(56)69(65)55-36-32-48(66(2,3)4)40-54(55)44-21-9-8-10-22-44/h8-10,13-18,21-29,31-32,34-36,39-41,43,50,58H,1,11-12,19-20,30,33,37-38H2,2-7H3/q+2. The summed E-state index contributed by atoms with van der Waals surface area (Å²) < 4.78 is 15.1. The molecule has 2 aliphatic heterocycles. The summed E-state index contributed by atoms with van der Waals surface area (Å²) in [7, 11) is -1.80. The van der Waals surface area contributed by atoms with Gasteiger partial charge in [-0.3, -0.25) is 0 Å². The molecule has 5 heteroatoms. The lowest BCUT2D eigenvalue weighted by Gasteiger charge is -2.34. The Balaban J connectivity index is 1.12. The van der Waals surface area contributed by atoms with Crippen LogP contribution in [-0.4, -0.2) is 12.6 Å². The fourth-order valence-electron chi connectivity index (χ4n) is 13.3. The quantitative estimate of drug-likeness (QED) is 0.125. The summed E-state index contributed by atoms with van der Waals surface area (Å²) in [6, 6.07) is 57.4. The molecule has 1 fully saturated rings. The summed E-state index contributed by atoms with van der Waals surface area (Å²) in [6.07, 6.45) is 11.9. The van der Waals surface area contributed by atoms with Gasteiger partial charge in [-0.1, -0.05) is 188 Å². The zero-order valence-electron chi connectivity index (χ0n) is 42.4. The van der Waals surface area contributed by atoms with Gasteiger partial charge in [0.25, 0.3) is 0 Å². The molecule has 1 aliphatic carbocycles. The number of aromatic nitrogens is 3. The van der Waals surface area contributed by atoms with E-state index >= 15 is 0 Å². The van der Waals surface area contributed by atoms with Gasteiger partial charge >= 0.3 is 5.82 Å². The Bertz CT molecular complexity index is 3780. The molecule has 0 saturated heterocycles. The van der Waals surface area contributed by atoms with Gasteiger partial charge in [-0.2, -0.15) is 13.7 Å². The Hall–Kier alpha value is -6.82. The summed E-state index contributed by atoms with van der Waals surface area (Å²) in [5, 5.41) is 6.56. The molecule has 3 aliphatic rings. The monoisotopic (exact) mass is 943 g/mol. The van der Waals surface area contributed by atoms with Gasteiger partial charge in [0, 0.05) is 33.5 Å². The molecule has 0 amide bonds. The summed E-state index contributed by atoms with van der Waals surface area (Å²) >= 11 is 0. The van der Waals surface area contributed by atoms with E-state index in [1.165, 1.54) is 82.0 Å². The number of allylic oxidation sites excluding steroid dienone is 1. The van der Waals surface area contributed by atoms with Crippen molar-refractivity contribution in [3.63, 3.8) is 0 Å². The molecule has 7 aromatic carbocycles. The van der Waals surface area contributed by atoms with Gasteiger partial charge in [0.1, 0.15) is 22.5 Å². The Morgan fingerprint density at radius 1 is 0.718 bits per heavy atom. The number of aryl methyl sites for hydroxylation is 1. The maximum atomic E-state index is 7.18. The number of furan rings is 1.